The van der Waals surface area contributed by atoms with Crippen molar-refractivity contribution in [3.05, 3.63) is 11.7 Å². The molecule has 0 aliphatic carbocycles. The van der Waals surface area contributed by atoms with Gasteiger partial charge in [-0.1, -0.05) is 25.9 Å². The van der Waals surface area contributed by atoms with E-state index in [1.54, 1.807) is 0 Å². The zero-order valence-electron chi connectivity index (χ0n) is 11.0. The Morgan fingerprint density at radius 3 is 2.71 bits per heavy atom. The molecule has 0 spiro atoms. The van der Waals surface area contributed by atoms with E-state index in [4.69, 9.17) is 15.0 Å². The molecule has 2 unspecified atom stereocenters. The SMILES string of the molecule is CC(C)(C)Cc1noc(C2(C)COCC2N)n1. The molecule has 0 radical (unpaired) electrons. The molecule has 1 saturated heterocycles. The first kappa shape index (κ1) is 12.5. The van der Waals surface area contributed by atoms with E-state index in [2.05, 4.69) is 30.9 Å². The van der Waals surface area contributed by atoms with Crippen LogP contribution in [0.1, 0.15) is 39.4 Å². The van der Waals surface area contributed by atoms with Gasteiger partial charge in [0.2, 0.25) is 5.89 Å². The third-order valence-corrected chi connectivity index (χ3v) is 3.16. The summed E-state index contributed by atoms with van der Waals surface area (Å²) in [6, 6.07) is -0.0783. The maximum absolute atomic E-state index is 6.03. The normalized spacial score (nSPS) is 29.8. The average Bonchev–Trinajstić information content (AvgIpc) is 2.74. The molecule has 1 aromatic rings. The molecule has 0 bridgehead atoms. The third-order valence-electron chi connectivity index (χ3n) is 3.16. The average molecular weight is 239 g/mol. The van der Waals surface area contributed by atoms with Crippen molar-refractivity contribution in [3.8, 4) is 0 Å². The molecular weight excluding hydrogens is 218 g/mol. The molecule has 96 valence electrons. The summed E-state index contributed by atoms with van der Waals surface area (Å²) in [7, 11) is 0. The van der Waals surface area contributed by atoms with Gasteiger partial charge in [-0.3, -0.25) is 0 Å². The lowest BCUT2D eigenvalue weighted by Crippen LogP contribution is -2.42. The van der Waals surface area contributed by atoms with Crippen molar-refractivity contribution in [2.24, 2.45) is 11.1 Å². The van der Waals surface area contributed by atoms with Crippen molar-refractivity contribution in [2.45, 2.75) is 45.6 Å². The van der Waals surface area contributed by atoms with Crippen LogP contribution in [0.15, 0.2) is 4.52 Å². The first-order valence-corrected chi connectivity index (χ1v) is 5.98. The molecule has 1 aliphatic heterocycles. The molecule has 2 rings (SSSR count). The van der Waals surface area contributed by atoms with Crippen LogP contribution in [0.5, 0.6) is 0 Å². The van der Waals surface area contributed by atoms with Gasteiger partial charge in [-0.2, -0.15) is 4.98 Å². The van der Waals surface area contributed by atoms with Crippen LogP contribution < -0.4 is 5.73 Å². The second-order valence-electron chi connectivity index (χ2n) is 6.29. The highest BCUT2D eigenvalue weighted by molar-refractivity contribution is 5.11. The lowest BCUT2D eigenvalue weighted by atomic mass is 9.85. The van der Waals surface area contributed by atoms with Gasteiger partial charge in [0.25, 0.3) is 0 Å². The minimum atomic E-state index is -0.344. The molecule has 2 heterocycles. The predicted octanol–water partition coefficient (Wildman–Crippen LogP) is 1.27. The van der Waals surface area contributed by atoms with Gasteiger partial charge < -0.3 is 15.0 Å². The van der Waals surface area contributed by atoms with E-state index >= 15 is 0 Å². The molecular formula is C12H21N3O2. The summed E-state index contributed by atoms with van der Waals surface area (Å²) in [6.07, 6.45) is 0.794. The first-order chi connectivity index (χ1) is 7.81. The van der Waals surface area contributed by atoms with Crippen molar-refractivity contribution in [2.75, 3.05) is 13.2 Å². The van der Waals surface area contributed by atoms with Crippen molar-refractivity contribution in [3.63, 3.8) is 0 Å². The van der Waals surface area contributed by atoms with Crippen LogP contribution in [0.2, 0.25) is 0 Å². The molecule has 17 heavy (non-hydrogen) atoms. The summed E-state index contributed by atoms with van der Waals surface area (Å²) in [6.45, 7) is 9.55. The van der Waals surface area contributed by atoms with Crippen molar-refractivity contribution in [1.29, 1.82) is 0 Å². The highest BCUT2D eigenvalue weighted by Gasteiger charge is 2.44. The molecule has 0 amide bonds. The maximum atomic E-state index is 6.03. The lowest BCUT2D eigenvalue weighted by molar-refractivity contribution is 0.169. The Balaban J connectivity index is 2.18. The Bertz CT molecular complexity index is 397. The summed E-state index contributed by atoms with van der Waals surface area (Å²) in [4.78, 5) is 4.46. The molecule has 1 fully saturated rings. The van der Waals surface area contributed by atoms with E-state index in [0.717, 1.165) is 12.2 Å². The number of ether oxygens (including phenoxy) is 1. The Morgan fingerprint density at radius 1 is 1.47 bits per heavy atom. The molecule has 5 nitrogen and oxygen atoms in total. The van der Waals surface area contributed by atoms with E-state index in [1.165, 1.54) is 0 Å². The summed E-state index contributed by atoms with van der Waals surface area (Å²) in [5, 5.41) is 4.03. The Kier molecular flexibility index (Phi) is 2.99. The zero-order chi connectivity index (χ0) is 12.7. The Labute approximate surface area is 102 Å². The molecule has 5 heteroatoms. The molecule has 2 atom stereocenters. The highest BCUT2D eigenvalue weighted by Crippen LogP contribution is 2.31. The van der Waals surface area contributed by atoms with Crippen molar-refractivity contribution >= 4 is 0 Å². The lowest BCUT2D eigenvalue weighted by Gasteiger charge is -2.21. The fourth-order valence-corrected chi connectivity index (χ4v) is 1.94. The van der Waals surface area contributed by atoms with Gasteiger partial charge in [0.05, 0.1) is 18.6 Å². The number of nitrogens with zero attached hydrogens (tertiary/aromatic N) is 2. The van der Waals surface area contributed by atoms with Crippen LogP contribution in [-0.4, -0.2) is 29.4 Å². The van der Waals surface area contributed by atoms with E-state index in [1.807, 2.05) is 6.92 Å². The molecule has 2 N–H and O–H groups in total. The quantitative estimate of drug-likeness (QED) is 0.841. The second kappa shape index (κ2) is 4.07. The van der Waals surface area contributed by atoms with E-state index in [-0.39, 0.29) is 16.9 Å². The second-order valence-corrected chi connectivity index (χ2v) is 6.29. The largest absolute Gasteiger partial charge is 0.379 e. The number of nitrogens with two attached hydrogens (primary N) is 1. The number of hydrogen-bond acceptors (Lipinski definition) is 5. The van der Waals surface area contributed by atoms with Crippen LogP contribution in [0.4, 0.5) is 0 Å². The van der Waals surface area contributed by atoms with Crippen LogP contribution >= 0.6 is 0 Å². The van der Waals surface area contributed by atoms with Crippen LogP contribution in [0.25, 0.3) is 0 Å². The van der Waals surface area contributed by atoms with E-state index < -0.39 is 0 Å². The number of aromatic nitrogens is 2. The Morgan fingerprint density at radius 2 is 2.18 bits per heavy atom. The Hall–Kier alpha value is -0.940. The summed E-state index contributed by atoms with van der Waals surface area (Å²) < 4.78 is 10.7. The first-order valence-electron chi connectivity index (χ1n) is 5.98. The number of hydrogen-bond donors (Lipinski definition) is 1. The molecule has 0 aromatic carbocycles. The van der Waals surface area contributed by atoms with Crippen LogP contribution in [0, 0.1) is 5.41 Å². The molecule has 1 aliphatic rings. The van der Waals surface area contributed by atoms with Gasteiger partial charge in [-0.25, -0.2) is 0 Å². The minimum Gasteiger partial charge on any atom is -0.379 e. The van der Waals surface area contributed by atoms with Crippen LogP contribution in [-0.2, 0) is 16.6 Å². The summed E-state index contributed by atoms with van der Waals surface area (Å²) in [5.74, 6) is 1.34. The summed E-state index contributed by atoms with van der Waals surface area (Å²) >= 11 is 0. The van der Waals surface area contributed by atoms with Gasteiger partial charge in [0.15, 0.2) is 5.82 Å². The minimum absolute atomic E-state index is 0.0783. The van der Waals surface area contributed by atoms with Crippen LogP contribution in [0.3, 0.4) is 0 Å². The van der Waals surface area contributed by atoms with Gasteiger partial charge >= 0.3 is 0 Å². The van der Waals surface area contributed by atoms with Gasteiger partial charge in [-0.05, 0) is 12.3 Å². The smallest absolute Gasteiger partial charge is 0.236 e. The molecule has 0 saturated carbocycles. The predicted molar refractivity (Wildman–Crippen MR) is 63.6 cm³/mol. The number of rotatable bonds is 2. The molecule has 1 aromatic heterocycles. The van der Waals surface area contributed by atoms with Gasteiger partial charge in [0.1, 0.15) is 0 Å². The van der Waals surface area contributed by atoms with Gasteiger partial charge in [0, 0.05) is 12.5 Å². The van der Waals surface area contributed by atoms with Crippen molar-refractivity contribution < 1.29 is 9.26 Å². The third kappa shape index (κ3) is 2.50. The zero-order valence-corrected chi connectivity index (χ0v) is 11.0. The van der Waals surface area contributed by atoms with E-state index in [0.29, 0.717) is 19.1 Å². The standard InChI is InChI=1S/C12H21N3O2/c1-11(2,3)5-9-14-10(17-15-9)12(4)7-16-6-8(12)13/h8H,5-7,13H2,1-4H3. The van der Waals surface area contributed by atoms with Gasteiger partial charge in [-0.15, -0.1) is 0 Å². The fraction of sp³-hybridized carbons (Fsp3) is 0.833. The monoisotopic (exact) mass is 239 g/mol. The summed E-state index contributed by atoms with van der Waals surface area (Å²) in [5.41, 5.74) is 5.83. The topological polar surface area (TPSA) is 74.2 Å². The highest BCUT2D eigenvalue weighted by atomic mass is 16.5. The maximum Gasteiger partial charge on any atom is 0.236 e. The fourth-order valence-electron chi connectivity index (χ4n) is 1.94. The van der Waals surface area contributed by atoms with E-state index in [9.17, 15) is 0 Å². The van der Waals surface area contributed by atoms with Crippen molar-refractivity contribution in [1.82, 2.24) is 10.1 Å².